The zero-order valence-electron chi connectivity index (χ0n) is 11.9. The van der Waals surface area contributed by atoms with Crippen molar-refractivity contribution in [2.75, 3.05) is 18.9 Å². The van der Waals surface area contributed by atoms with Crippen LogP contribution >= 0.6 is 0 Å². The molecule has 0 unspecified atom stereocenters. The third-order valence-electron chi connectivity index (χ3n) is 2.97. The molecule has 0 fully saturated rings. The summed E-state index contributed by atoms with van der Waals surface area (Å²) in [5, 5.41) is 13.7. The maximum atomic E-state index is 13.7. The Morgan fingerprint density at radius 2 is 2.10 bits per heavy atom. The van der Waals surface area contributed by atoms with Crippen LogP contribution in [0.1, 0.15) is 31.1 Å². The van der Waals surface area contributed by atoms with Crippen molar-refractivity contribution >= 4 is 17.3 Å². The lowest BCUT2D eigenvalue weighted by molar-refractivity contribution is -0.385. The molecule has 20 heavy (non-hydrogen) atoms. The van der Waals surface area contributed by atoms with Gasteiger partial charge >= 0.3 is 0 Å². The summed E-state index contributed by atoms with van der Waals surface area (Å²) < 4.78 is 13.7. The number of rotatable bonds is 5. The Hall–Kier alpha value is -2.18. The van der Waals surface area contributed by atoms with Gasteiger partial charge in [-0.15, -0.1) is 0 Å². The van der Waals surface area contributed by atoms with Crippen LogP contribution in [-0.2, 0) is 0 Å². The fourth-order valence-corrected chi connectivity index (χ4v) is 1.64. The van der Waals surface area contributed by atoms with E-state index in [1.165, 1.54) is 11.0 Å². The average molecular weight is 283 g/mol. The van der Waals surface area contributed by atoms with Crippen LogP contribution < -0.4 is 5.32 Å². The summed E-state index contributed by atoms with van der Waals surface area (Å²) in [7, 11) is 1.55. The summed E-state index contributed by atoms with van der Waals surface area (Å²) in [6.45, 7) is 5.79. The molecule has 0 saturated heterocycles. The van der Waals surface area contributed by atoms with E-state index in [1.54, 1.807) is 27.8 Å². The molecule has 0 bridgehead atoms. The van der Waals surface area contributed by atoms with E-state index in [0.29, 0.717) is 6.54 Å². The van der Waals surface area contributed by atoms with Gasteiger partial charge in [0, 0.05) is 19.6 Å². The van der Waals surface area contributed by atoms with Gasteiger partial charge < -0.3 is 10.2 Å². The van der Waals surface area contributed by atoms with E-state index in [-0.39, 0.29) is 17.3 Å². The number of hydrogen-bond acceptors (Lipinski definition) is 4. The minimum Gasteiger partial charge on any atom is -0.383 e. The minimum absolute atomic E-state index is 0.0820. The third kappa shape index (κ3) is 3.23. The number of benzene rings is 1. The molecule has 0 aliphatic heterocycles. The second-order valence-corrected chi connectivity index (χ2v) is 4.65. The van der Waals surface area contributed by atoms with Crippen molar-refractivity contribution in [1.82, 2.24) is 4.90 Å². The average Bonchev–Trinajstić information content (AvgIpc) is 2.38. The third-order valence-corrected chi connectivity index (χ3v) is 2.97. The van der Waals surface area contributed by atoms with Crippen LogP contribution in [0.25, 0.3) is 0 Å². The number of carbonyl (C=O) groups excluding carboxylic acids is 1. The van der Waals surface area contributed by atoms with Crippen molar-refractivity contribution in [3.63, 3.8) is 0 Å². The Bertz CT molecular complexity index is 532. The van der Waals surface area contributed by atoms with E-state index in [0.717, 1.165) is 6.07 Å². The number of nitrogens with one attached hydrogen (secondary N) is 1. The molecule has 1 aromatic rings. The SMILES string of the molecule is CCNc1cc(C(=O)N(C)C(C)C)c([N+](=O)[O-])cc1F. The molecule has 0 atom stereocenters. The van der Waals surface area contributed by atoms with Crippen LogP contribution in [0.15, 0.2) is 12.1 Å². The molecule has 1 aromatic carbocycles. The van der Waals surface area contributed by atoms with Gasteiger partial charge in [-0.1, -0.05) is 0 Å². The zero-order valence-corrected chi connectivity index (χ0v) is 11.9. The number of amides is 1. The van der Waals surface area contributed by atoms with Gasteiger partial charge in [0.25, 0.3) is 11.6 Å². The number of hydrogen-bond donors (Lipinski definition) is 1. The Morgan fingerprint density at radius 3 is 2.55 bits per heavy atom. The van der Waals surface area contributed by atoms with Crippen molar-refractivity contribution < 1.29 is 14.1 Å². The fraction of sp³-hybridized carbons (Fsp3) is 0.462. The van der Waals surface area contributed by atoms with Crippen LogP contribution in [0.5, 0.6) is 0 Å². The lowest BCUT2D eigenvalue weighted by Crippen LogP contribution is -2.33. The van der Waals surface area contributed by atoms with Crippen LogP contribution in [0.3, 0.4) is 0 Å². The van der Waals surface area contributed by atoms with Gasteiger partial charge in [-0.2, -0.15) is 0 Å². The standard InChI is InChI=1S/C13H18FN3O3/c1-5-15-11-6-9(13(18)16(4)8(2)3)12(17(19)20)7-10(11)14/h6-8,15H,5H2,1-4H3. The Morgan fingerprint density at radius 1 is 1.50 bits per heavy atom. The van der Waals surface area contributed by atoms with E-state index in [2.05, 4.69) is 5.32 Å². The largest absolute Gasteiger partial charge is 0.383 e. The van der Waals surface area contributed by atoms with Crippen LogP contribution in [0, 0.1) is 15.9 Å². The zero-order chi connectivity index (χ0) is 15.4. The summed E-state index contributed by atoms with van der Waals surface area (Å²) in [6, 6.07) is 1.85. The molecule has 0 aromatic heterocycles. The molecule has 0 radical (unpaired) electrons. The van der Waals surface area contributed by atoms with Crippen LogP contribution in [-0.4, -0.2) is 35.4 Å². The second kappa shape index (κ2) is 6.31. The van der Waals surface area contributed by atoms with Gasteiger partial charge in [0.2, 0.25) is 0 Å². The summed E-state index contributed by atoms with van der Waals surface area (Å²) in [6.07, 6.45) is 0. The highest BCUT2D eigenvalue weighted by atomic mass is 19.1. The van der Waals surface area contributed by atoms with Crippen LogP contribution in [0.2, 0.25) is 0 Å². The molecule has 1 amide bonds. The fourth-order valence-electron chi connectivity index (χ4n) is 1.64. The van der Waals surface area contributed by atoms with Crippen molar-refractivity contribution in [3.8, 4) is 0 Å². The van der Waals surface area contributed by atoms with Crippen molar-refractivity contribution in [2.24, 2.45) is 0 Å². The lowest BCUT2D eigenvalue weighted by atomic mass is 10.1. The molecule has 110 valence electrons. The number of nitro benzene ring substituents is 1. The highest BCUT2D eigenvalue weighted by molar-refractivity contribution is 5.99. The predicted octanol–water partition coefficient (Wildman–Crippen LogP) is 2.65. The number of halogens is 1. The topological polar surface area (TPSA) is 75.5 Å². The van der Waals surface area contributed by atoms with Gasteiger partial charge in [0.05, 0.1) is 16.7 Å². The maximum Gasteiger partial charge on any atom is 0.285 e. The molecule has 0 heterocycles. The first-order valence-corrected chi connectivity index (χ1v) is 6.28. The van der Waals surface area contributed by atoms with Gasteiger partial charge in [-0.3, -0.25) is 14.9 Å². The molecule has 7 heteroatoms. The molecular weight excluding hydrogens is 265 g/mol. The van der Waals surface area contributed by atoms with E-state index in [9.17, 15) is 19.3 Å². The molecule has 0 saturated carbocycles. The molecular formula is C13H18FN3O3. The smallest absolute Gasteiger partial charge is 0.285 e. The van der Waals surface area contributed by atoms with Crippen molar-refractivity contribution in [1.29, 1.82) is 0 Å². The number of nitrogens with zero attached hydrogens (tertiary/aromatic N) is 2. The molecule has 0 spiro atoms. The minimum atomic E-state index is -0.750. The summed E-state index contributed by atoms with van der Waals surface area (Å²) in [5.41, 5.74) is -0.566. The van der Waals surface area contributed by atoms with Crippen molar-refractivity contribution in [2.45, 2.75) is 26.8 Å². The molecule has 0 aliphatic rings. The van der Waals surface area contributed by atoms with E-state index in [4.69, 9.17) is 0 Å². The van der Waals surface area contributed by atoms with E-state index < -0.39 is 22.3 Å². The molecule has 1 N–H and O–H groups in total. The Balaban J connectivity index is 3.37. The normalized spacial score (nSPS) is 10.5. The molecule has 6 nitrogen and oxygen atoms in total. The number of anilines is 1. The first kappa shape index (κ1) is 15.9. The Labute approximate surface area is 116 Å². The van der Waals surface area contributed by atoms with Crippen molar-refractivity contribution in [3.05, 3.63) is 33.6 Å². The summed E-state index contributed by atoms with van der Waals surface area (Å²) in [4.78, 5) is 23.9. The molecule has 1 rings (SSSR count). The first-order chi connectivity index (χ1) is 9.29. The van der Waals surface area contributed by atoms with E-state index >= 15 is 0 Å². The van der Waals surface area contributed by atoms with E-state index in [1.807, 2.05) is 0 Å². The second-order valence-electron chi connectivity index (χ2n) is 4.65. The lowest BCUT2D eigenvalue weighted by Gasteiger charge is -2.21. The molecule has 0 aliphatic carbocycles. The van der Waals surface area contributed by atoms with Gasteiger partial charge in [0.15, 0.2) is 5.82 Å². The Kier molecular flexibility index (Phi) is 5.01. The quantitative estimate of drug-likeness (QED) is 0.666. The summed E-state index contributed by atoms with van der Waals surface area (Å²) >= 11 is 0. The first-order valence-electron chi connectivity index (χ1n) is 6.28. The van der Waals surface area contributed by atoms with Gasteiger partial charge in [0.1, 0.15) is 5.56 Å². The highest BCUT2D eigenvalue weighted by Gasteiger charge is 2.26. The predicted molar refractivity (Wildman–Crippen MR) is 74.4 cm³/mol. The van der Waals surface area contributed by atoms with Gasteiger partial charge in [-0.05, 0) is 26.8 Å². The van der Waals surface area contributed by atoms with Gasteiger partial charge in [-0.25, -0.2) is 4.39 Å². The number of carbonyl (C=O) groups is 1. The monoisotopic (exact) mass is 283 g/mol. The number of nitro groups is 1. The summed E-state index contributed by atoms with van der Waals surface area (Å²) in [5.74, 6) is -1.26. The van der Waals surface area contributed by atoms with Crippen LogP contribution in [0.4, 0.5) is 15.8 Å². The maximum absolute atomic E-state index is 13.7. The highest BCUT2D eigenvalue weighted by Crippen LogP contribution is 2.27.